The number of fused-ring (bicyclic) bond motifs is 1. The van der Waals surface area contributed by atoms with E-state index < -0.39 is 12.1 Å². The summed E-state index contributed by atoms with van der Waals surface area (Å²) in [5.41, 5.74) is 2.23. The second kappa shape index (κ2) is 6.77. The zero-order chi connectivity index (χ0) is 19.1. The zero-order valence-electron chi connectivity index (χ0n) is 14.2. The Hall–Kier alpha value is -2.74. The fraction of sp³-hybridized carbons (Fsp3) is 0.211. The molecule has 1 aliphatic rings. The third-order valence-electron chi connectivity index (χ3n) is 4.81. The molecule has 1 amide bonds. The Morgan fingerprint density at radius 1 is 1.37 bits per heavy atom. The van der Waals surface area contributed by atoms with Gasteiger partial charge in [-0.05, 0) is 40.2 Å². The van der Waals surface area contributed by atoms with Crippen LogP contribution in [0, 0.1) is 0 Å². The molecule has 2 atom stereocenters. The average Bonchev–Trinajstić information content (AvgIpc) is 3.21. The summed E-state index contributed by atoms with van der Waals surface area (Å²) >= 11 is 3.54. The van der Waals surface area contributed by atoms with E-state index in [1.165, 1.54) is 11.0 Å². The summed E-state index contributed by atoms with van der Waals surface area (Å²) in [6.45, 7) is 3.75. The van der Waals surface area contributed by atoms with Crippen molar-refractivity contribution >= 4 is 32.9 Å². The highest BCUT2D eigenvalue weighted by Crippen LogP contribution is 2.38. The van der Waals surface area contributed by atoms with E-state index in [-0.39, 0.29) is 24.7 Å². The Morgan fingerprint density at radius 2 is 2.15 bits per heavy atom. The van der Waals surface area contributed by atoms with Gasteiger partial charge in [0.1, 0.15) is 11.9 Å². The molecule has 3 heterocycles. The lowest BCUT2D eigenvalue weighted by atomic mass is 10.0. The number of hydrogen-bond acceptors (Lipinski definition) is 4. The number of phenols is 1. The third-order valence-corrected chi connectivity index (χ3v) is 5.66. The van der Waals surface area contributed by atoms with Gasteiger partial charge in [-0.3, -0.25) is 4.79 Å². The fourth-order valence-corrected chi connectivity index (χ4v) is 4.10. The number of aromatic nitrogens is 3. The second-order valence-electron chi connectivity index (χ2n) is 6.43. The molecule has 2 N–H and O–H groups in total. The molecular weight excluding hydrogens is 415 g/mol. The predicted molar refractivity (Wildman–Crippen MR) is 103 cm³/mol. The van der Waals surface area contributed by atoms with Gasteiger partial charge in [0.25, 0.3) is 0 Å². The molecule has 0 bridgehead atoms. The summed E-state index contributed by atoms with van der Waals surface area (Å²) in [5, 5.41) is 19.1. The summed E-state index contributed by atoms with van der Waals surface area (Å²) in [4.78, 5) is 16.4. The number of hydrogen-bond donors (Lipinski definition) is 2. The van der Waals surface area contributed by atoms with Crippen molar-refractivity contribution in [3.63, 3.8) is 0 Å². The molecule has 1 fully saturated rings. The molecule has 2 aromatic heterocycles. The van der Waals surface area contributed by atoms with E-state index in [0.29, 0.717) is 27.1 Å². The number of carbonyl (C=O) groups is 1. The largest absolute Gasteiger partial charge is 0.507 e. The van der Waals surface area contributed by atoms with Crippen LogP contribution in [0.3, 0.4) is 0 Å². The van der Waals surface area contributed by atoms with Crippen molar-refractivity contribution in [3.05, 3.63) is 53.2 Å². The van der Waals surface area contributed by atoms with Gasteiger partial charge >= 0.3 is 0 Å². The van der Waals surface area contributed by atoms with Crippen molar-refractivity contribution in [1.29, 1.82) is 0 Å². The highest BCUT2D eigenvalue weighted by molar-refractivity contribution is 9.10. The Labute approximate surface area is 162 Å². The predicted octanol–water partition coefficient (Wildman–Crippen LogP) is 3.54. The summed E-state index contributed by atoms with van der Waals surface area (Å²) in [6.07, 6.45) is 0.00302. The van der Waals surface area contributed by atoms with Crippen LogP contribution in [0.5, 0.6) is 5.75 Å². The molecule has 0 aliphatic carbocycles. The quantitative estimate of drug-likeness (QED) is 0.622. The number of para-hydroxylation sites is 1. The maximum Gasteiger partial charge on any atom is 0.246 e. The van der Waals surface area contributed by atoms with Crippen molar-refractivity contribution < 1.29 is 14.3 Å². The molecule has 1 aromatic carbocycles. The normalized spacial score (nSPS) is 19.6. The van der Waals surface area contributed by atoms with Gasteiger partial charge < -0.3 is 15.0 Å². The number of nitrogens with one attached hydrogen (secondary N) is 1. The lowest BCUT2D eigenvalue weighted by Crippen LogP contribution is -2.27. The van der Waals surface area contributed by atoms with Gasteiger partial charge in [0.15, 0.2) is 5.65 Å². The SMILES string of the molecule is C=CC(=O)N1CC(F)C(c2[nH]c3nnc(-c4ccccc4O)cc3c2Br)C1. The number of rotatable bonds is 3. The number of phenolic OH excluding ortho intramolecular Hbond substituents is 1. The molecule has 0 radical (unpaired) electrons. The molecule has 0 saturated carbocycles. The maximum atomic E-state index is 14.6. The van der Waals surface area contributed by atoms with Crippen LogP contribution in [-0.2, 0) is 4.79 Å². The Morgan fingerprint density at radius 3 is 2.89 bits per heavy atom. The minimum Gasteiger partial charge on any atom is -0.507 e. The van der Waals surface area contributed by atoms with E-state index in [2.05, 4.69) is 37.7 Å². The van der Waals surface area contributed by atoms with E-state index in [0.717, 1.165) is 5.39 Å². The van der Waals surface area contributed by atoms with Crippen LogP contribution in [0.15, 0.2) is 47.5 Å². The first kappa shape index (κ1) is 17.7. The van der Waals surface area contributed by atoms with Crippen LogP contribution >= 0.6 is 15.9 Å². The number of carbonyl (C=O) groups excluding carboxylic acids is 1. The molecule has 4 rings (SSSR count). The number of halogens is 2. The highest BCUT2D eigenvalue weighted by atomic mass is 79.9. The number of H-pyrrole nitrogens is 1. The number of amides is 1. The van der Waals surface area contributed by atoms with Crippen LogP contribution in [0.25, 0.3) is 22.3 Å². The van der Waals surface area contributed by atoms with Gasteiger partial charge in [-0.1, -0.05) is 18.7 Å². The molecule has 1 aliphatic heterocycles. The average molecular weight is 431 g/mol. The van der Waals surface area contributed by atoms with Gasteiger partial charge in [-0.15, -0.1) is 10.2 Å². The van der Waals surface area contributed by atoms with E-state index in [1.807, 2.05) is 0 Å². The summed E-state index contributed by atoms with van der Waals surface area (Å²) in [5.74, 6) is -0.670. The molecule has 8 heteroatoms. The highest BCUT2D eigenvalue weighted by Gasteiger charge is 2.38. The van der Waals surface area contributed by atoms with Crippen LogP contribution in [0.4, 0.5) is 4.39 Å². The molecule has 138 valence electrons. The lowest BCUT2D eigenvalue weighted by molar-refractivity contribution is -0.125. The maximum absolute atomic E-state index is 14.6. The van der Waals surface area contributed by atoms with E-state index >= 15 is 0 Å². The Balaban J connectivity index is 1.74. The molecule has 0 spiro atoms. The number of likely N-dealkylation sites (tertiary alicyclic amines) is 1. The first-order chi connectivity index (χ1) is 13.0. The van der Waals surface area contributed by atoms with E-state index in [9.17, 15) is 14.3 Å². The zero-order valence-corrected chi connectivity index (χ0v) is 15.8. The Bertz CT molecular complexity index is 1050. The van der Waals surface area contributed by atoms with Gasteiger partial charge in [-0.2, -0.15) is 0 Å². The smallest absolute Gasteiger partial charge is 0.246 e. The fourth-order valence-electron chi connectivity index (χ4n) is 3.40. The molecular formula is C19H16BrFN4O2. The first-order valence-electron chi connectivity index (χ1n) is 8.38. The third kappa shape index (κ3) is 2.99. The van der Waals surface area contributed by atoms with E-state index in [1.54, 1.807) is 30.3 Å². The molecule has 6 nitrogen and oxygen atoms in total. The lowest BCUT2D eigenvalue weighted by Gasteiger charge is -2.13. The molecule has 3 aromatic rings. The van der Waals surface area contributed by atoms with Crippen LogP contribution in [-0.4, -0.2) is 50.4 Å². The number of alkyl halides is 1. The summed E-state index contributed by atoms with van der Waals surface area (Å²) < 4.78 is 15.3. The number of nitrogens with zero attached hydrogens (tertiary/aromatic N) is 3. The number of aromatic hydroxyl groups is 1. The van der Waals surface area contributed by atoms with Crippen molar-refractivity contribution in [3.8, 4) is 17.0 Å². The van der Waals surface area contributed by atoms with Gasteiger partial charge in [0.05, 0.1) is 18.2 Å². The Kier molecular flexibility index (Phi) is 4.43. The van der Waals surface area contributed by atoms with Crippen LogP contribution < -0.4 is 0 Å². The second-order valence-corrected chi connectivity index (χ2v) is 7.22. The van der Waals surface area contributed by atoms with Crippen LogP contribution in [0.1, 0.15) is 11.6 Å². The summed E-state index contributed by atoms with van der Waals surface area (Å²) in [7, 11) is 0. The number of benzene rings is 1. The van der Waals surface area contributed by atoms with Gasteiger partial charge in [-0.25, -0.2) is 4.39 Å². The van der Waals surface area contributed by atoms with Crippen molar-refractivity contribution in [2.75, 3.05) is 13.1 Å². The standard InChI is InChI=1S/C19H16BrFN4O2/c1-2-16(27)25-8-12(13(21)9-25)18-17(20)11-7-14(23-24-19(11)22-18)10-5-3-4-6-15(10)26/h2-7,12-13,26H,1,8-9H2,(H,22,24). The molecule has 1 saturated heterocycles. The molecule has 27 heavy (non-hydrogen) atoms. The topological polar surface area (TPSA) is 82.1 Å². The van der Waals surface area contributed by atoms with Crippen molar-refractivity contribution in [2.45, 2.75) is 12.1 Å². The summed E-state index contributed by atoms with van der Waals surface area (Å²) in [6, 6.07) is 8.65. The van der Waals surface area contributed by atoms with Crippen molar-refractivity contribution in [2.24, 2.45) is 0 Å². The number of aromatic amines is 1. The van der Waals surface area contributed by atoms with Gasteiger partial charge in [0, 0.05) is 27.7 Å². The first-order valence-corrected chi connectivity index (χ1v) is 9.17. The van der Waals surface area contributed by atoms with E-state index in [4.69, 9.17) is 0 Å². The minimum atomic E-state index is -1.19. The van der Waals surface area contributed by atoms with Crippen molar-refractivity contribution in [1.82, 2.24) is 20.1 Å². The monoisotopic (exact) mass is 430 g/mol. The minimum absolute atomic E-state index is 0.0339. The van der Waals surface area contributed by atoms with Crippen LogP contribution in [0.2, 0.25) is 0 Å². The van der Waals surface area contributed by atoms with Gasteiger partial charge in [0.2, 0.25) is 5.91 Å². The molecule has 2 unspecified atom stereocenters.